The number of benzene rings is 1. The van der Waals surface area contributed by atoms with E-state index in [0.29, 0.717) is 26.1 Å². The predicted octanol–water partition coefficient (Wildman–Crippen LogP) is 4.15. The van der Waals surface area contributed by atoms with Crippen LogP contribution in [0, 0.1) is 23.6 Å². The molecule has 2 aromatic rings. The molecule has 3 aliphatic rings. The minimum atomic E-state index is -4.74. The van der Waals surface area contributed by atoms with Crippen molar-refractivity contribution in [1.82, 2.24) is 9.97 Å². The molecular formula is C23H24F4N4O2. The first-order valence-corrected chi connectivity index (χ1v) is 11.0. The Kier molecular flexibility index (Phi) is 5.21. The highest BCUT2D eigenvalue weighted by Gasteiger charge is 2.57. The quantitative estimate of drug-likeness (QED) is 0.490. The van der Waals surface area contributed by atoms with Crippen LogP contribution in [0.5, 0.6) is 0 Å². The fourth-order valence-electron chi connectivity index (χ4n) is 5.12. The Hall–Kier alpha value is -2.91. The number of aromatic nitrogens is 2. The lowest BCUT2D eigenvalue weighted by atomic mass is 10.0. The van der Waals surface area contributed by atoms with Crippen LogP contribution in [0.2, 0.25) is 0 Å². The van der Waals surface area contributed by atoms with Crippen LogP contribution in [-0.4, -0.2) is 48.7 Å². The van der Waals surface area contributed by atoms with Crippen LogP contribution in [-0.2, 0) is 15.7 Å². The van der Waals surface area contributed by atoms with E-state index >= 15 is 0 Å². The molecule has 0 radical (unpaired) electrons. The molecule has 0 spiro atoms. The Morgan fingerprint density at radius 3 is 2.48 bits per heavy atom. The summed E-state index contributed by atoms with van der Waals surface area (Å²) in [6.45, 7) is 3.47. The van der Waals surface area contributed by atoms with Gasteiger partial charge in [-0.05, 0) is 48.8 Å². The molecule has 0 N–H and O–H groups in total. The largest absolute Gasteiger partial charge is 0.469 e. The number of alkyl halides is 3. The van der Waals surface area contributed by atoms with Crippen molar-refractivity contribution in [2.75, 3.05) is 36.5 Å². The van der Waals surface area contributed by atoms with Crippen molar-refractivity contribution < 1.29 is 27.1 Å². The van der Waals surface area contributed by atoms with Gasteiger partial charge < -0.3 is 14.5 Å². The highest BCUT2D eigenvalue weighted by molar-refractivity contribution is 5.80. The number of carbonyl (C=O) groups is 1. The third kappa shape index (κ3) is 3.89. The number of ether oxygens (including phenoxy) is 1. The average Bonchev–Trinajstić information content (AvgIpc) is 3.18. The van der Waals surface area contributed by atoms with Gasteiger partial charge in [0.2, 0.25) is 5.95 Å². The number of methoxy groups -OCH3 is 1. The molecule has 2 unspecified atom stereocenters. The van der Waals surface area contributed by atoms with Gasteiger partial charge in [0.15, 0.2) is 5.69 Å². The number of piperidine rings is 1. The molecule has 5 rings (SSSR count). The van der Waals surface area contributed by atoms with E-state index in [1.54, 1.807) is 4.90 Å². The third-order valence-electron chi connectivity index (χ3n) is 7.14. The van der Waals surface area contributed by atoms with Gasteiger partial charge in [0.1, 0.15) is 11.6 Å². The highest BCUT2D eigenvalue weighted by Crippen LogP contribution is 2.55. The van der Waals surface area contributed by atoms with E-state index < -0.39 is 17.7 Å². The van der Waals surface area contributed by atoms with Crippen LogP contribution in [0.4, 0.5) is 29.3 Å². The first kappa shape index (κ1) is 21.9. The molecule has 0 bridgehead atoms. The maximum absolute atomic E-state index is 14.2. The smallest absolute Gasteiger partial charge is 0.434 e. The molecule has 10 heteroatoms. The van der Waals surface area contributed by atoms with Crippen LogP contribution in [0.3, 0.4) is 0 Å². The van der Waals surface area contributed by atoms with Gasteiger partial charge in [0.25, 0.3) is 0 Å². The molecule has 3 fully saturated rings. The molecule has 3 heterocycles. The van der Waals surface area contributed by atoms with E-state index in [9.17, 15) is 22.4 Å². The molecule has 4 atom stereocenters. The standard InChI is InChI=1S/C23H24F4N4O2/c1-12-6-7-31(12)22-28-20(23(25,26)27)19(13-4-3-5-14(24)8-13)21(29-22)30-10-16-15(17(16)11-30)9-18(32)33-2/h3-5,8,12,15-17H,6-7,9-11H2,1-2H3/t12?,15?,16-,17+. The molecule has 6 nitrogen and oxygen atoms in total. The summed E-state index contributed by atoms with van der Waals surface area (Å²) >= 11 is 0. The molecule has 1 saturated carbocycles. The van der Waals surface area contributed by atoms with Gasteiger partial charge in [-0.15, -0.1) is 0 Å². The van der Waals surface area contributed by atoms with Gasteiger partial charge in [-0.1, -0.05) is 12.1 Å². The van der Waals surface area contributed by atoms with Gasteiger partial charge in [0, 0.05) is 32.1 Å². The maximum Gasteiger partial charge on any atom is 0.434 e. The van der Waals surface area contributed by atoms with E-state index in [-0.39, 0.29) is 52.7 Å². The predicted molar refractivity (Wildman–Crippen MR) is 113 cm³/mol. The second-order valence-corrected chi connectivity index (χ2v) is 9.09. The monoisotopic (exact) mass is 464 g/mol. The molecule has 33 heavy (non-hydrogen) atoms. The molecule has 1 aromatic heterocycles. The Morgan fingerprint density at radius 1 is 1.21 bits per heavy atom. The zero-order valence-electron chi connectivity index (χ0n) is 18.3. The number of hydrogen-bond acceptors (Lipinski definition) is 6. The number of nitrogens with zero attached hydrogens (tertiary/aromatic N) is 4. The molecule has 0 amide bonds. The van der Waals surface area contributed by atoms with E-state index in [1.165, 1.54) is 25.3 Å². The SMILES string of the molecule is COC(=O)CC1[C@H]2CN(c3nc(N4CCC4C)nc(C(F)(F)F)c3-c3cccc(F)c3)C[C@@H]12. The summed E-state index contributed by atoms with van der Waals surface area (Å²) in [5.74, 6) is -0.138. The van der Waals surface area contributed by atoms with Gasteiger partial charge in [-0.3, -0.25) is 4.79 Å². The number of fused-ring (bicyclic) bond motifs is 1. The van der Waals surface area contributed by atoms with Crippen molar-refractivity contribution >= 4 is 17.7 Å². The lowest BCUT2D eigenvalue weighted by molar-refractivity contribution is -0.141. The van der Waals surface area contributed by atoms with Gasteiger partial charge in [-0.25, -0.2) is 9.37 Å². The van der Waals surface area contributed by atoms with E-state index in [0.717, 1.165) is 12.5 Å². The molecule has 2 aliphatic heterocycles. The van der Waals surface area contributed by atoms with Crippen LogP contribution in [0.15, 0.2) is 24.3 Å². The number of rotatable bonds is 5. The Bertz CT molecular complexity index is 1080. The van der Waals surface area contributed by atoms with Crippen LogP contribution in [0.25, 0.3) is 11.1 Å². The van der Waals surface area contributed by atoms with Crippen molar-refractivity contribution in [3.8, 4) is 11.1 Å². The van der Waals surface area contributed by atoms with Crippen molar-refractivity contribution in [3.05, 3.63) is 35.8 Å². The summed E-state index contributed by atoms with van der Waals surface area (Å²) in [7, 11) is 1.34. The van der Waals surface area contributed by atoms with Crippen molar-refractivity contribution in [1.29, 1.82) is 0 Å². The van der Waals surface area contributed by atoms with Crippen LogP contribution >= 0.6 is 0 Å². The van der Waals surface area contributed by atoms with Crippen molar-refractivity contribution in [2.45, 2.75) is 32.0 Å². The van der Waals surface area contributed by atoms with Crippen LogP contribution in [0.1, 0.15) is 25.5 Å². The van der Waals surface area contributed by atoms with Crippen LogP contribution < -0.4 is 9.80 Å². The minimum absolute atomic E-state index is 0.0444. The maximum atomic E-state index is 14.2. The summed E-state index contributed by atoms with van der Waals surface area (Å²) in [4.78, 5) is 23.7. The Morgan fingerprint density at radius 2 is 1.94 bits per heavy atom. The zero-order chi connectivity index (χ0) is 23.5. The molecular weight excluding hydrogens is 440 g/mol. The average molecular weight is 464 g/mol. The van der Waals surface area contributed by atoms with Gasteiger partial charge in [0.05, 0.1) is 12.7 Å². The normalized spacial score (nSPS) is 26.1. The molecule has 1 aromatic carbocycles. The Balaban J connectivity index is 1.57. The van der Waals surface area contributed by atoms with E-state index in [4.69, 9.17) is 4.74 Å². The third-order valence-corrected chi connectivity index (χ3v) is 7.14. The molecule has 1 aliphatic carbocycles. The Labute approximate surface area is 188 Å². The van der Waals surface area contributed by atoms with E-state index in [1.807, 2.05) is 11.8 Å². The van der Waals surface area contributed by atoms with Gasteiger partial charge >= 0.3 is 12.1 Å². The fourth-order valence-corrected chi connectivity index (χ4v) is 5.12. The van der Waals surface area contributed by atoms with E-state index in [2.05, 4.69) is 9.97 Å². The zero-order valence-corrected chi connectivity index (χ0v) is 18.3. The number of halogens is 4. The van der Waals surface area contributed by atoms with Crippen molar-refractivity contribution in [2.24, 2.45) is 17.8 Å². The number of esters is 1. The lowest BCUT2D eigenvalue weighted by Crippen LogP contribution is -2.47. The second-order valence-electron chi connectivity index (χ2n) is 9.09. The fraction of sp³-hybridized carbons (Fsp3) is 0.522. The summed E-state index contributed by atoms with van der Waals surface area (Å²) in [6, 6.07) is 5.16. The number of carbonyl (C=O) groups excluding carboxylic acids is 1. The lowest BCUT2D eigenvalue weighted by Gasteiger charge is -2.39. The first-order chi connectivity index (χ1) is 15.7. The summed E-state index contributed by atoms with van der Waals surface area (Å²) in [6.07, 6.45) is -3.57. The summed E-state index contributed by atoms with van der Waals surface area (Å²) in [5.41, 5.74) is -1.17. The second kappa shape index (κ2) is 7.85. The van der Waals surface area contributed by atoms with Gasteiger partial charge in [-0.2, -0.15) is 18.2 Å². The minimum Gasteiger partial charge on any atom is -0.469 e. The number of hydrogen-bond donors (Lipinski definition) is 0. The summed E-state index contributed by atoms with van der Waals surface area (Å²) < 4.78 is 61.4. The topological polar surface area (TPSA) is 58.6 Å². The van der Waals surface area contributed by atoms with Crippen molar-refractivity contribution in [3.63, 3.8) is 0 Å². The molecule has 2 saturated heterocycles. The number of anilines is 2. The molecule has 176 valence electrons. The summed E-state index contributed by atoms with van der Waals surface area (Å²) in [5, 5.41) is 0. The highest BCUT2D eigenvalue weighted by atomic mass is 19.4. The first-order valence-electron chi connectivity index (χ1n) is 11.0.